The molecule has 0 aliphatic carbocycles. The predicted molar refractivity (Wildman–Crippen MR) is 70.2 cm³/mol. The van der Waals surface area contributed by atoms with Crippen LogP contribution in [0.1, 0.15) is 0 Å². The molecule has 100 valence electrons. The standard InChI is InChI=1S/C13H13ClN2O3/c1-15-11-7-19-6-10(11)12(17)16(13(15)18)9-4-2-3-8(14)5-9/h2-5,10-11H,6-7H2,1H3. The van der Waals surface area contributed by atoms with E-state index in [4.69, 9.17) is 16.3 Å². The number of imide groups is 1. The third-order valence-electron chi connectivity index (χ3n) is 3.64. The van der Waals surface area contributed by atoms with E-state index in [1.807, 2.05) is 0 Å². The normalized spacial score (nSPS) is 26.8. The number of likely N-dealkylation sites (N-methyl/N-ethyl adjacent to an activating group) is 1. The SMILES string of the molecule is CN1C(=O)N(c2cccc(Cl)c2)C(=O)C2COCC21. The van der Waals surface area contributed by atoms with E-state index in [9.17, 15) is 9.59 Å². The molecular weight excluding hydrogens is 268 g/mol. The molecule has 2 heterocycles. The topological polar surface area (TPSA) is 49.9 Å². The average molecular weight is 281 g/mol. The van der Waals surface area contributed by atoms with Gasteiger partial charge in [0.1, 0.15) is 0 Å². The van der Waals surface area contributed by atoms with Crippen molar-refractivity contribution in [1.29, 1.82) is 0 Å². The molecule has 0 spiro atoms. The lowest BCUT2D eigenvalue weighted by Crippen LogP contribution is -2.60. The van der Waals surface area contributed by atoms with Gasteiger partial charge in [0.05, 0.1) is 30.9 Å². The smallest absolute Gasteiger partial charge is 0.331 e. The van der Waals surface area contributed by atoms with Gasteiger partial charge in [-0.15, -0.1) is 0 Å². The van der Waals surface area contributed by atoms with Gasteiger partial charge in [-0.3, -0.25) is 4.79 Å². The fourth-order valence-electron chi connectivity index (χ4n) is 2.57. The Morgan fingerprint density at radius 1 is 1.32 bits per heavy atom. The molecule has 0 bridgehead atoms. The molecule has 3 amide bonds. The molecule has 1 aromatic carbocycles. The quantitative estimate of drug-likeness (QED) is 0.787. The second-order valence-corrected chi connectivity index (χ2v) is 5.19. The summed E-state index contributed by atoms with van der Waals surface area (Å²) in [6.45, 7) is 0.778. The van der Waals surface area contributed by atoms with Gasteiger partial charge in [-0.2, -0.15) is 0 Å². The maximum atomic E-state index is 12.4. The average Bonchev–Trinajstić information content (AvgIpc) is 2.86. The zero-order valence-corrected chi connectivity index (χ0v) is 11.1. The third-order valence-corrected chi connectivity index (χ3v) is 3.88. The highest BCUT2D eigenvalue weighted by molar-refractivity contribution is 6.31. The number of halogens is 1. The summed E-state index contributed by atoms with van der Waals surface area (Å²) in [4.78, 5) is 27.5. The molecule has 5 nitrogen and oxygen atoms in total. The van der Waals surface area contributed by atoms with Gasteiger partial charge in [0.15, 0.2) is 0 Å². The molecular formula is C13H13ClN2O3. The number of rotatable bonds is 1. The molecule has 19 heavy (non-hydrogen) atoms. The van der Waals surface area contributed by atoms with Crippen molar-refractivity contribution in [3.8, 4) is 0 Å². The predicted octanol–water partition coefficient (Wildman–Crippen LogP) is 1.75. The Morgan fingerprint density at radius 3 is 2.84 bits per heavy atom. The van der Waals surface area contributed by atoms with Crippen LogP contribution >= 0.6 is 11.6 Å². The van der Waals surface area contributed by atoms with Crippen molar-refractivity contribution in [2.45, 2.75) is 6.04 Å². The van der Waals surface area contributed by atoms with Crippen molar-refractivity contribution in [1.82, 2.24) is 4.90 Å². The van der Waals surface area contributed by atoms with E-state index in [-0.39, 0.29) is 23.9 Å². The lowest BCUT2D eigenvalue weighted by atomic mass is 9.98. The number of hydrogen-bond donors (Lipinski definition) is 0. The van der Waals surface area contributed by atoms with E-state index in [0.29, 0.717) is 23.9 Å². The van der Waals surface area contributed by atoms with E-state index >= 15 is 0 Å². The van der Waals surface area contributed by atoms with E-state index in [1.54, 1.807) is 36.2 Å². The number of anilines is 1. The highest BCUT2D eigenvalue weighted by Gasteiger charge is 2.48. The van der Waals surface area contributed by atoms with Gasteiger partial charge >= 0.3 is 6.03 Å². The summed E-state index contributed by atoms with van der Waals surface area (Å²) >= 11 is 5.92. The molecule has 3 rings (SSSR count). The highest BCUT2D eigenvalue weighted by Crippen LogP contribution is 2.31. The summed E-state index contributed by atoms with van der Waals surface area (Å²) < 4.78 is 5.32. The number of carbonyl (C=O) groups excluding carboxylic acids is 2. The second-order valence-electron chi connectivity index (χ2n) is 4.76. The van der Waals surface area contributed by atoms with Crippen LogP contribution in [0, 0.1) is 5.92 Å². The maximum Gasteiger partial charge on any atom is 0.331 e. The molecule has 6 heteroatoms. The van der Waals surface area contributed by atoms with Crippen molar-refractivity contribution in [3.63, 3.8) is 0 Å². The minimum atomic E-state index is -0.334. The van der Waals surface area contributed by atoms with Crippen molar-refractivity contribution in [3.05, 3.63) is 29.3 Å². The number of ether oxygens (including phenoxy) is 1. The van der Waals surface area contributed by atoms with Crippen LogP contribution in [-0.2, 0) is 9.53 Å². The van der Waals surface area contributed by atoms with Crippen molar-refractivity contribution < 1.29 is 14.3 Å². The number of benzene rings is 1. The zero-order chi connectivity index (χ0) is 13.6. The van der Waals surface area contributed by atoms with Crippen LogP contribution in [0.25, 0.3) is 0 Å². The van der Waals surface area contributed by atoms with Crippen LogP contribution in [0.2, 0.25) is 5.02 Å². The Morgan fingerprint density at radius 2 is 2.11 bits per heavy atom. The number of amides is 3. The summed E-state index contributed by atoms with van der Waals surface area (Å²) in [7, 11) is 1.69. The van der Waals surface area contributed by atoms with Gasteiger partial charge in [0, 0.05) is 12.1 Å². The Hall–Kier alpha value is -1.59. The molecule has 0 radical (unpaired) electrons. The summed E-state index contributed by atoms with van der Waals surface area (Å²) in [5, 5.41) is 0.491. The van der Waals surface area contributed by atoms with Crippen molar-refractivity contribution in [2.75, 3.05) is 25.2 Å². The first-order chi connectivity index (χ1) is 9.09. The van der Waals surface area contributed by atoms with Crippen LogP contribution in [-0.4, -0.2) is 43.1 Å². The van der Waals surface area contributed by atoms with Crippen LogP contribution in [0.3, 0.4) is 0 Å². The largest absolute Gasteiger partial charge is 0.378 e. The van der Waals surface area contributed by atoms with Crippen molar-refractivity contribution >= 4 is 29.2 Å². The van der Waals surface area contributed by atoms with Gasteiger partial charge in [-0.25, -0.2) is 9.69 Å². The van der Waals surface area contributed by atoms with Gasteiger partial charge < -0.3 is 9.64 Å². The summed E-state index contributed by atoms with van der Waals surface area (Å²) in [6, 6.07) is 6.24. The van der Waals surface area contributed by atoms with E-state index < -0.39 is 0 Å². The van der Waals surface area contributed by atoms with Gasteiger partial charge in [0.25, 0.3) is 0 Å². The molecule has 2 fully saturated rings. The number of fused-ring (bicyclic) bond motifs is 1. The first-order valence-electron chi connectivity index (χ1n) is 6.03. The Balaban J connectivity index is 2.00. The van der Waals surface area contributed by atoms with Gasteiger partial charge in [-0.1, -0.05) is 17.7 Å². The van der Waals surface area contributed by atoms with Crippen LogP contribution in [0.4, 0.5) is 10.5 Å². The summed E-state index contributed by atoms with van der Waals surface area (Å²) in [5.41, 5.74) is 0.500. The first-order valence-corrected chi connectivity index (χ1v) is 6.41. The Bertz CT molecular complexity index is 548. The lowest BCUT2D eigenvalue weighted by molar-refractivity contribution is -0.124. The van der Waals surface area contributed by atoms with Crippen LogP contribution in [0.15, 0.2) is 24.3 Å². The first kappa shape index (κ1) is 12.4. The van der Waals surface area contributed by atoms with Gasteiger partial charge in [-0.05, 0) is 18.2 Å². The highest BCUT2D eigenvalue weighted by atomic mass is 35.5. The lowest BCUT2D eigenvalue weighted by Gasteiger charge is -2.38. The molecule has 2 aliphatic heterocycles. The molecule has 2 unspecified atom stereocenters. The monoisotopic (exact) mass is 280 g/mol. The molecule has 1 aromatic rings. The fourth-order valence-corrected chi connectivity index (χ4v) is 2.76. The van der Waals surface area contributed by atoms with Crippen molar-refractivity contribution in [2.24, 2.45) is 5.92 Å². The summed E-state index contributed by atoms with van der Waals surface area (Å²) in [5.74, 6) is -0.505. The number of hydrogen-bond acceptors (Lipinski definition) is 3. The molecule has 2 aliphatic rings. The van der Waals surface area contributed by atoms with Gasteiger partial charge in [0.2, 0.25) is 5.91 Å². The van der Waals surface area contributed by atoms with Crippen LogP contribution < -0.4 is 4.90 Å². The minimum absolute atomic E-state index is 0.157. The number of nitrogens with zero attached hydrogens (tertiary/aromatic N) is 2. The second kappa shape index (κ2) is 4.51. The Labute approximate surface area is 115 Å². The third kappa shape index (κ3) is 1.89. The number of urea groups is 1. The van der Waals surface area contributed by atoms with E-state index in [0.717, 1.165) is 0 Å². The van der Waals surface area contributed by atoms with Crippen LogP contribution in [0.5, 0.6) is 0 Å². The van der Waals surface area contributed by atoms with E-state index in [2.05, 4.69) is 0 Å². The Kier molecular flexibility index (Phi) is 2.95. The van der Waals surface area contributed by atoms with E-state index in [1.165, 1.54) is 4.90 Å². The molecule has 0 N–H and O–H groups in total. The molecule has 2 atom stereocenters. The fraction of sp³-hybridized carbons (Fsp3) is 0.385. The molecule has 2 saturated heterocycles. The zero-order valence-electron chi connectivity index (χ0n) is 10.4. The number of carbonyl (C=O) groups is 2. The minimum Gasteiger partial charge on any atom is -0.378 e. The summed E-state index contributed by atoms with van der Waals surface area (Å²) in [6.07, 6.45) is 0. The molecule has 0 aromatic heterocycles. The molecule has 0 saturated carbocycles. The maximum absolute atomic E-state index is 12.4.